The highest BCUT2D eigenvalue weighted by molar-refractivity contribution is 7.13. The fraction of sp³-hybridized carbons (Fsp3) is 0.0714. The second-order valence-corrected chi connectivity index (χ2v) is 5.21. The largest absolute Gasteiger partial charge is 0.325 e. The Morgan fingerprint density at radius 3 is 2.90 bits per heavy atom. The molecular weight excluding hydrogens is 308 g/mol. The van der Waals surface area contributed by atoms with Gasteiger partial charge >= 0.3 is 0 Å². The molecule has 0 amide bonds. The van der Waals surface area contributed by atoms with E-state index in [4.69, 9.17) is 5.26 Å². The zero-order chi connectivity index (χ0) is 14.1. The summed E-state index contributed by atoms with van der Waals surface area (Å²) in [6, 6.07) is 5.56. The first-order chi connectivity index (χ1) is 9.69. The Morgan fingerprint density at radius 2 is 2.24 bits per heavy atom. The topological polar surface area (TPSA) is 74.5 Å². The minimum atomic E-state index is -0.347. The number of hydrogen-bond donors (Lipinski definition) is 1. The number of imidazole rings is 1. The quantitative estimate of drug-likeness (QED) is 0.789. The number of aromatic nitrogens is 3. The van der Waals surface area contributed by atoms with Crippen LogP contribution in [0.25, 0.3) is 16.1 Å². The van der Waals surface area contributed by atoms with Crippen LogP contribution in [0, 0.1) is 18.3 Å². The molecule has 0 aromatic carbocycles. The van der Waals surface area contributed by atoms with E-state index in [-0.39, 0.29) is 23.5 Å². The van der Waals surface area contributed by atoms with Crippen molar-refractivity contribution in [2.75, 3.05) is 0 Å². The summed E-state index contributed by atoms with van der Waals surface area (Å²) in [5.74, 6) is 0. The molecule has 0 bridgehead atoms. The van der Waals surface area contributed by atoms with Crippen LogP contribution in [-0.4, -0.2) is 14.5 Å². The van der Waals surface area contributed by atoms with Gasteiger partial charge in [-0.05, 0) is 19.1 Å². The second kappa shape index (κ2) is 5.95. The number of pyridine rings is 1. The average molecular weight is 319 g/mol. The van der Waals surface area contributed by atoms with E-state index in [0.717, 1.165) is 21.8 Å². The first-order valence-electron chi connectivity index (χ1n) is 5.90. The summed E-state index contributed by atoms with van der Waals surface area (Å²) in [5.41, 5.74) is 2.42. The Bertz CT molecular complexity index is 858. The molecule has 3 heterocycles. The molecule has 3 aromatic rings. The van der Waals surface area contributed by atoms with Crippen molar-refractivity contribution in [2.45, 2.75) is 6.92 Å². The molecule has 0 fully saturated rings. The van der Waals surface area contributed by atoms with Crippen molar-refractivity contribution in [3.63, 3.8) is 0 Å². The lowest BCUT2D eigenvalue weighted by Gasteiger charge is -2.03. The number of nitriles is 1. The zero-order valence-electron chi connectivity index (χ0n) is 11.0. The van der Waals surface area contributed by atoms with Gasteiger partial charge in [-0.2, -0.15) is 5.26 Å². The van der Waals surface area contributed by atoms with Gasteiger partial charge in [0, 0.05) is 33.9 Å². The van der Waals surface area contributed by atoms with Crippen LogP contribution in [0.1, 0.15) is 11.3 Å². The Morgan fingerprint density at radius 1 is 1.43 bits per heavy atom. The highest BCUT2D eigenvalue weighted by Gasteiger charge is 2.10. The van der Waals surface area contributed by atoms with Crippen molar-refractivity contribution in [3.8, 4) is 22.2 Å². The predicted molar refractivity (Wildman–Crippen MR) is 84.2 cm³/mol. The smallest absolute Gasteiger partial charge is 0.266 e. The van der Waals surface area contributed by atoms with Crippen molar-refractivity contribution >= 4 is 23.7 Å². The molecule has 106 valence electrons. The maximum atomic E-state index is 11.6. The maximum absolute atomic E-state index is 11.6. The third kappa shape index (κ3) is 2.75. The molecule has 0 spiro atoms. The van der Waals surface area contributed by atoms with Gasteiger partial charge in [-0.3, -0.25) is 4.79 Å². The molecule has 0 aliphatic carbocycles. The summed E-state index contributed by atoms with van der Waals surface area (Å²) in [4.78, 5) is 19.3. The Hall–Kier alpha value is -2.36. The Balaban J connectivity index is 0.00000161. The normalized spacial score (nSPS) is 9.90. The molecule has 0 aliphatic rings. The molecule has 0 saturated heterocycles. The van der Waals surface area contributed by atoms with Gasteiger partial charge in [-0.1, -0.05) is 0 Å². The first kappa shape index (κ1) is 15.0. The lowest BCUT2D eigenvalue weighted by molar-refractivity contribution is 1.07. The molecule has 1 N–H and O–H groups in total. The number of thiophene rings is 1. The van der Waals surface area contributed by atoms with Crippen molar-refractivity contribution in [1.29, 1.82) is 5.26 Å². The fourth-order valence-corrected chi connectivity index (χ4v) is 2.94. The van der Waals surface area contributed by atoms with Gasteiger partial charge < -0.3 is 9.55 Å². The number of rotatable bonds is 2. The fourth-order valence-electron chi connectivity index (χ4n) is 1.98. The molecule has 3 aromatic heterocycles. The van der Waals surface area contributed by atoms with E-state index in [2.05, 4.69) is 9.97 Å². The highest BCUT2D eigenvalue weighted by atomic mass is 35.5. The van der Waals surface area contributed by atoms with Gasteiger partial charge in [0.2, 0.25) is 0 Å². The predicted octanol–water partition coefficient (Wildman–Crippen LogP) is 2.89. The number of nitrogens with zero attached hydrogens (tertiary/aromatic N) is 3. The molecular formula is C14H11ClN4OS. The van der Waals surface area contributed by atoms with Gasteiger partial charge in [-0.25, -0.2) is 4.98 Å². The minimum absolute atomic E-state index is 0. The van der Waals surface area contributed by atoms with Gasteiger partial charge in [0.1, 0.15) is 11.6 Å². The van der Waals surface area contributed by atoms with Gasteiger partial charge in [0.05, 0.1) is 12.0 Å². The first-order valence-corrected chi connectivity index (χ1v) is 6.78. The monoisotopic (exact) mass is 318 g/mol. The van der Waals surface area contributed by atoms with Crippen LogP contribution in [0.4, 0.5) is 0 Å². The third-order valence-electron chi connectivity index (χ3n) is 3.01. The number of aryl methyl sites for hydroxylation is 1. The Kier molecular flexibility index (Phi) is 4.26. The third-order valence-corrected chi connectivity index (χ3v) is 3.96. The number of hydrogen-bond acceptors (Lipinski definition) is 4. The number of H-pyrrole nitrogens is 1. The van der Waals surface area contributed by atoms with Crippen LogP contribution < -0.4 is 5.56 Å². The van der Waals surface area contributed by atoms with E-state index >= 15 is 0 Å². The summed E-state index contributed by atoms with van der Waals surface area (Å²) in [7, 11) is 0. The maximum Gasteiger partial charge on any atom is 0.266 e. The van der Waals surface area contributed by atoms with Crippen LogP contribution in [-0.2, 0) is 0 Å². The van der Waals surface area contributed by atoms with E-state index in [1.807, 2.05) is 35.2 Å². The van der Waals surface area contributed by atoms with Crippen molar-refractivity contribution in [1.82, 2.24) is 14.5 Å². The zero-order valence-corrected chi connectivity index (χ0v) is 12.7. The van der Waals surface area contributed by atoms with E-state index in [1.165, 1.54) is 0 Å². The molecule has 0 radical (unpaired) electrons. The van der Waals surface area contributed by atoms with Crippen LogP contribution in [0.5, 0.6) is 0 Å². The summed E-state index contributed by atoms with van der Waals surface area (Å²) < 4.78 is 1.91. The van der Waals surface area contributed by atoms with E-state index in [0.29, 0.717) is 0 Å². The molecule has 5 nitrogen and oxygen atoms in total. The highest BCUT2D eigenvalue weighted by Crippen LogP contribution is 2.30. The standard InChI is InChI=1S/C14H10N4OS.ClH/c1-9-12(4-10(6-15)14(19)17-9)13-5-11(7-20-13)18-3-2-16-8-18;/h2-5,7-8H,1H3,(H,17,19);1H. The molecule has 0 aliphatic heterocycles. The molecule has 21 heavy (non-hydrogen) atoms. The van der Waals surface area contributed by atoms with E-state index < -0.39 is 0 Å². The van der Waals surface area contributed by atoms with Gasteiger partial charge in [0.25, 0.3) is 5.56 Å². The molecule has 0 unspecified atom stereocenters. The SMILES string of the molecule is Cc1[nH]c(=O)c(C#N)cc1-c1cc(-n2ccnc2)cs1.Cl. The van der Waals surface area contributed by atoms with E-state index in [1.54, 1.807) is 29.9 Å². The lowest BCUT2D eigenvalue weighted by Crippen LogP contribution is -2.11. The Labute approximate surface area is 130 Å². The summed E-state index contributed by atoms with van der Waals surface area (Å²) in [6.45, 7) is 1.83. The number of nitrogens with one attached hydrogen (secondary N) is 1. The molecule has 7 heteroatoms. The molecule has 0 saturated carbocycles. The summed E-state index contributed by atoms with van der Waals surface area (Å²) in [6.07, 6.45) is 5.31. The number of halogens is 1. The van der Waals surface area contributed by atoms with Crippen LogP contribution in [0.3, 0.4) is 0 Å². The average Bonchev–Trinajstić information content (AvgIpc) is 3.09. The van der Waals surface area contributed by atoms with Crippen molar-refractivity contribution in [2.24, 2.45) is 0 Å². The molecule has 3 rings (SSSR count). The summed E-state index contributed by atoms with van der Waals surface area (Å²) >= 11 is 1.56. The van der Waals surface area contributed by atoms with Crippen LogP contribution in [0.2, 0.25) is 0 Å². The van der Waals surface area contributed by atoms with Crippen LogP contribution >= 0.6 is 23.7 Å². The van der Waals surface area contributed by atoms with Gasteiger partial charge in [-0.15, -0.1) is 23.7 Å². The lowest BCUT2D eigenvalue weighted by atomic mass is 10.1. The summed E-state index contributed by atoms with van der Waals surface area (Å²) in [5, 5.41) is 11.0. The van der Waals surface area contributed by atoms with Crippen molar-refractivity contribution < 1.29 is 0 Å². The minimum Gasteiger partial charge on any atom is -0.325 e. The molecule has 0 atom stereocenters. The number of aromatic amines is 1. The van der Waals surface area contributed by atoms with Crippen molar-refractivity contribution in [3.05, 3.63) is 57.8 Å². The van der Waals surface area contributed by atoms with Crippen LogP contribution in [0.15, 0.2) is 41.0 Å². The second-order valence-electron chi connectivity index (χ2n) is 4.30. The van der Waals surface area contributed by atoms with E-state index in [9.17, 15) is 4.79 Å². The van der Waals surface area contributed by atoms with Gasteiger partial charge in [0.15, 0.2) is 0 Å².